The van der Waals surface area contributed by atoms with Crippen LogP contribution in [0.25, 0.3) is 0 Å². The Bertz CT molecular complexity index is 1180. The fourth-order valence-corrected chi connectivity index (χ4v) is 3.45. The van der Waals surface area contributed by atoms with E-state index in [9.17, 15) is 16.8 Å². The molecule has 3 aromatic rings. The Hall–Kier alpha value is -3.22. The van der Waals surface area contributed by atoms with Crippen molar-refractivity contribution in [1.82, 2.24) is 9.97 Å². The van der Waals surface area contributed by atoms with Gasteiger partial charge < -0.3 is 11.5 Å². The van der Waals surface area contributed by atoms with E-state index in [4.69, 9.17) is 16.6 Å². The lowest BCUT2D eigenvalue weighted by molar-refractivity contribution is 0.597. The fourth-order valence-electron chi connectivity index (χ4n) is 1.98. The summed E-state index contributed by atoms with van der Waals surface area (Å²) in [6.45, 7) is 1.75. The maximum Gasteiger partial charge on any atom is 0.264 e. The molecular weight excluding hydrogens is 416 g/mol. The highest BCUT2D eigenvalue weighted by atomic mass is 32.2. The summed E-state index contributed by atoms with van der Waals surface area (Å²) in [6, 6.07) is 13.3. The van der Waals surface area contributed by atoms with Crippen molar-refractivity contribution in [2.75, 3.05) is 16.2 Å². The number of nitrogens with one attached hydrogen (secondary N) is 1. The average Bonchev–Trinajstić information content (AvgIpc) is 2.62. The summed E-state index contributed by atoms with van der Waals surface area (Å²) in [7, 11) is -7.25. The molecule has 0 aliphatic heterocycles. The van der Waals surface area contributed by atoms with Crippen molar-refractivity contribution in [3.8, 4) is 0 Å². The molecule has 2 aromatic carbocycles. The van der Waals surface area contributed by atoms with Crippen LogP contribution >= 0.6 is 0 Å². The summed E-state index contributed by atoms with van der Waals surface area (Å²) in [4.78, 5) is 8.01. The first-order valence-corrected chi connectivity index (χ1v) is 11.1. The first-order valence-electron chi connectivity index (χ1n) is 8.04. The highest BCUT2D eigenvalue weighted by Crippen LogP contribution is 2.14. The molecule has 0 aliphatic carbocycles. The van der Waals surface area contributed by atoms with E-state index >= 15 is 0 Å². The van der Waals surface area contributed by atoms with Crippen molar-refractivity contribution < 1.29 is 16.8 Å². The van der Waals surface area contributed by atoms with E-state index in [-0.39, 0.29) is 15.7 Å². The van der Waals surface area contributed by atoms with E-state index in [0.29, 0.717) is 17.1 Å². The van der Waals surface area contributed by atoms with Gasteiger partial charge >= 0.3 is 0 Å². The van der Waals surface area contributed by atoms with Crippen LogP contribution in [0, 0.1) is 6.92 Å². The molecule has 29 heavy (non-hydrogen) atoms. The van der Waals surface area contributed by atoms with Gasteiger partial charge in [-0.15, -0.1) is 0 Å². The molecule has 0 radical (unpaired) electrons. The van der Waals surface area contributed by atoms with Crippen molar-refractivity contribution >= 4 is 37.4 Å². The van der Waals surface area contributed by atoms with Crippen LogP contribution in [0.1, 0.15) is 5.69 Å². The maximum atomic E-state index is 12.0. The smallest absolute Gasteiger partial charge is 0.264 e. The average molecular weight is 437 g/mol. The van der Waals surface area contributed by atoms with Gasteiger partial charge in [-0.2, -0.15) is 0 Å². The molecule has 0 atom stereocenters. The standard InChI is InChI=1S/C11H12N4O2S.C6H8N2O2S/c1-8-6-7-13-11(14-8)15-18(16,17)10-4-2-9(12)3-5-10;7-5-1-3-6(4-2-5)11(8,9)10/h2-7H,12H2,1H3,(H,13,14,15);1-4H,7H2,(H2,8,9,10). The Morgan fingerprint density at radius 1 is 0.793 bits per heavy atom. The number of primary sulfonamides is 1. The van der Waals surface area contributed by atoms with Gasteiger partial charge in [-0.3, -0.25) is 0 Å². The van der Waals surface area contributed by atoms with Crippen LogP contribution in [0.3, 0.4) is 0 Å². The predicted octanol–water partition coefficient (Wildman–Crippen LogP) is 1.08. The number of aryl methyl sites for hydroxylation is 1. The van der Waals surface area contributed by atoms with Crippen molar-refractivity contribution in [2.24, 2.45) is 5.14 Å². The second-order valence-corrected chi connectivity index (χ2v) is 9.05. The van der Waals surface area contributed by atoms with E-state index in [2.05, 4.69) is 14.7 Å². The maximum absolute atomic E-state index is 12.0. The molecule has 0 spiro atoms. The molecule has 154 valence electrons. The third-order valence-electron chi connectivity index (χ3n) is 3.42. The summed E-state index contributed by atoms with van der Waals surface area (Å²) in [5.74, 6) is 0.0480. The lowest BCUT2D eigenvalue weighted by Gasteiger charge is -2.06. The lowest BCUT2D eigenvalue weighted by Crippen LogP contribution is -2.15. The van der Waals surface area contributed by atoms with Crippen LogP contribution in [0.15, 0.2) is 70.6 Å². The Balaban J connectivity index is 0.000000234. The molecule has 0 aliphatic rings. The largest absolute Gasteiger partial charge is 0.399 e. The number of benzene rings is 2. The first kappa shape index (κ1) is 22.1. The number of hydrogen-bond donors (Lipinski definition) is 4. The molecule has 0 saturated carbocycles. The van der Waals surface area contributed by atoms with Gasteiger partial charge in [0.1, 0.15) is 0 Å². The molecule has 7 N–H and O–H groups in total. The Labute approximate surface area is 168 Å². The Morgan fingerprint density at radius 3 is 1.72 bits per heavy atom. The molecule has 0 amide bonds. The topological polar surface area (TPSA) is 184 Å². The minimum absolute atomic E-state index is 0.0480. The predicted molar refractivity (Wildman–Crippen MR) is 111 cm³/mol. The molecular formula is C17H20N6O4S2. The molecule has 1 aromatic heterocycles. The van der Waals surface area contributed by atoms with Crippen molar-refractivity contribution in [1.29, 1.82) is 0 Å². The summed E-state index contributed by atoms with van der Waals surface area (Å²) in [5, 5.41) is 4.84. The van der Waals surface area contributed by atoms with Gasteiger partial charge in [-0.05, 0) is 61.5 Å². The zero-order chi connectivity index (χ0) is 21.7. The van der Waals surface area contributed by atoms with Crippen molar-refractivity contribution in [3.05, 3.63) is 66.5 Å². The number of aromatic nitrogens is 2. The highest BCUT2D eigenvalue weighted by Gasteiger charge is 2.15. The number of nitrogens with two attached hydrogens (primary N) is 3. The first-order chi connectivity index (χ1) is 13.5. The number of hydrogen-bond acceptors (Lipinski definition) is 8. The van der Waals surface area contributed by atoms with Crippen LogP contribution in [0.4, 0.5) is 17.3 Å². The Morgan fingerprint density at radius 2 is 1.28 bits per heavy atom. The van der Waals surface area contributed by atoms with Gasteiger partial charge in [0, 0.05) is 23.3 Å². The molecule has 0 fully saturated rings. The van der Waals surface area contributed by atoms with Crippen LogP contribution in [0.5, 0.6) is 0 Å². The number of nitrogen functional groups attached to an aromatic ring is 2. The molecule has 3 rings (SSSR count). The zero-order valence-corrected chi connectivity index (χ0v) is 17.0. The monoisotopic (exact) mass is 436 g/mol. The molecule has 12 heteroatoms. The SMILES string of the molecule is Cc1ccnc(NS(=O)(=O)c2ccc(N)cc2)n1.Nc1ccc(S(N)(=O)=O)cc1. The minimum Gasteiger partial charge on any atom is -0.399 e. The normalized spacial score (nSPS) is 11.2. The lowest BCUT2D eigenvalue weighted by atomic mass is 10.3. The molecule has 10 nitrogen and oxygen atoms in total. The minimum atomic E-state index is -3.68. The van der Waals surface area contributed by atoms with Gasteiger partial charge in [-0.25, -0.2) is 36.7 Å². The van der Waals surface area contributed by atoms with Gasteiger partial charge in [-0.1, -0.05) is 0 Å². The summed E-state index contributed by atoms with van der Waals surface area (Å²) >= 11 is 0. The molecule has 1 heterocycles. The summed E-state index contributed by atoms with van der Waals surface area (Å²) in [6.07, 6.45) is 1.49. The van der Waals surface area contributed by atoms with Gasteiger partial charge in [0.25, 0.3) is 10.0 Å². The molecule has 0 saturated heterocycles. The number of rotatable bonds is 4. The third kappa shape index (κ3) is 6.71. The van der Waals surface area contributed by atoms with E-state index < -0.39 is 20.0 Å². The van der Waals surface area contributed by atoms with Gasteiger partial charge in [0.15, 0.2) is 0 Å². The van der Waals surface area contributed by atoms with Crippen molar-refractivity contribution in [3.63, 3.8) is 0 Å². The highest BCUT2D eigenvalue weighted by molar-refractivity contribution is 7.92. The van der Waals surface area contributed by atoms with Crippen LogP contribution in [-0.4, -0.2) is 26.8 Å². The van der Waals surface area contributed by atoms with E-state index in [1.54, 1.807) is 13.0 Å². The number of anilines is 3. The quantitative estimate of drug-likeness (QED) is 0.438. The molecule has 0 bridgehead atoms. The fraction of sp³-hybridized carbons (Fsp3) is 0.0588. The molecule has 0 unspecified atom stereocenters. The zero-order valence-electron chi connectivity index (χ0n) is 15.3. The van der Waals surface area contributed by atoms with E-state index in [1.165, 1.54) is 54.7 Å². The van der Waals surface area contributed by atoms with Crippen LogP contribution in [-0.2, 0) is 20.0 Å². The second-order valence-electron chi connectivity index (χ2n) is 5.81. The van der Waals surface area contributed by atoms with E-state index in [0.717, 1.165) is 0 Å². The van der Waals surface area contributed by atoms with Crippen molar-refractivity contribution in [2.45, 2.75) is 16.7 Å². The van der Waals surface area contributed by atoms with Crippen LogP contribution in [0.2, 0.25) is 0 Å². The van der Waals surface area contributed by atoms with Gasteiger partial charge in [0.2, 0.25) is 16.0 Å². The Kier molecular flexibility index (Phi) is 6.74. The van der Waals surface area contributed by atoms with E-state index in [1.807, 2.05) is 0 Å². The van der Waals surface area contributed by atoms with Crippen LogP contribution < -0.4 is 21.3 Å². The summed E-state index contributed by atoms with van der Waals surface area (Å²) in [5.41, 5.74) is 12.5. The van der Waals surface area contributed by atoms with Gasteiger partial charge in [0.05, 0.1) is 9.79 Å². The second kappa shape index (κ2) is 8.86. The third-order valence-corrected chi connectivity index (χ3v) is 5.69. The summed E-state index contributed by atoms with van der Waals surface area (Å²) < 4.78 is 47.7. The number of nitrogens with zero attached hydrogens (tertiary/aromatic N) is 2. The number of sulfonamides is 2.